The lowest BCUT2D eigenvalue weighted by molar-refractivity contribution is -0.133. The molecule has 0 spiro atoms. The molecule has 1 fully saturated rings. The van der Waals surface area contributed by atoms with Crippen LogP contribution in [0.1, 0.15) is 29.6 Å². The normalized spacial score (nSPS) is 17.7. The molecular formula is C17H23F3N4O2S. The minimum Gasteiger partial charge on any atom is -0.352 e. The first kappa shape index (κ1) is 21.5. The molecule has 0 saturated carbocycles. The number of thioether (sulfide) groups is 1. The minimum atomic E-state index is -4.51. The second kappa shape index (κ2) is 9.41. The Balaban J connectivity index is 1.84. The Morgan fingerprint density at radius 3 is 2.81 bits per heavy atom. The van der Waals surface area contributed by atoms with Crippen molar-refractivity contribution in [3.63, 3.8) is 0 Å². The number of hydrogen-bond acceptors (Lipinski definition) is 5. The molecule has 0 aliphatic carbocycles. The number of likely N-dealkylation sites (tertiary alicyclic amines) is 1. The number of amides is 2. The van der Waals surface area contributed by atoms with Gasteiger partial charge < -0.3 is 10.2 Å². The number of aromatic nitrogens is 1. The predicted molar refractivity (Wildman–Crippen MR) is 96.4 cm³/mol. The van der Waals surface area contributed by atoms with Crippen molar-refractivity contribution in [1.29, 1.82) is 0 Å². The SMILES string of the molecule is CN(C)C(=O)C1CCCN1CCCNC(=O)c1cccnc1SC(F)(F)F. The van der Waals surface area contributed by atoms with Gasteiger partial charge in [-0.1, -0.05) is 0 Å². The molecule has 1 aliphatic rings. The number of carbonyl (C=O) groups is 2. The van der Waals surface area contributed by atoms with Gasteiger partial charge in [-0.05, 0) is 37.9 Å². The van der Waals surface area contributed by atoms with E-state index in [1.54, 1.807) is 19.0 Å². The summed E-state index contributed by atoms with van der Waals surface area (Å²) in [4.78, 5) is 31.7. The maximum atomic E-state index is 12.6. The predicted octanol–water partition coefficient (Wildman–Crippen LogP) is 2.37. The molecule has 6 nitrogen and oxygen atoms in total. The van der Waals surface area contributed by atoms with Gasteiger partial charge in [0.1, 0.15) is 5.03 Å². The molecule has 2 amide bonds. The molecule has 27 heavy (non-hydrogen) atoms. The van der Waals surface area contributed by atoms with Crippen LogP contribution < -0.4 is 5.32 Å². The molecule has 2 heterocycles. The Labute approximate surface area is 160 Å². The molecule has 10 heteroatoms. The summed E-state index contributed by atoms with van der Waals surface area (Å²) in [7, 11) is 3.45. The van der Waals surface area contributed by atoms with Crippen molar-refractivity contribution < 1.29 is 22.8 Å². The van der Waals surface area contributed by atoms with Crippen LogP contribution in [0.4, 0.5) is 13.2 Å². The number of hydrogen-bond donors (Lipinski definition) is 1. The molecule has 150 valence electrons. The Morgan fingerprint density at radius 2 is 2.15 bits per heavy atom. The Kier molecular flexibility index (Phi) is 7.49. The maximum absolute atomic E-state index is 12.6. The Morgan fingerprint density at radius 1 is 1.41 bits per heavy atom. The molecule has 0 bridgehead atoms. The van der Waals surface area contributed by atoms with Gasteiger partial charge in [0.25, 0.3) is 5.91 Å². The highest BCUT2D eigenvalue weighted by atomic mass is 32.2. The molecule has 1 saturated heterocycles. The molecule has 0 aromatic carbocycles. The molecular weight excluding hydrogens is 381 g/mol. The lowest BCUT2D eigenvalue weighted by atomic mass is 10.2. The third-order valence-electron chi connectivity index (χ3n) is 4.23. The summed E-state index contributed by atoms with van der Waals surface area (Å²) in [5.41, 5.74) is -4.60. The van der Waals surface area contributed by atoms with Gasteiger partial charge in [0.05, 0.1) is 11.6 Å². The van der Waals surface area contributed by atoms with E-state index in [0.29, 0.717) is 19.5 Å². The zero-order chi connectivity index (χ0) is 20.0. The van der Waals surface area contributed by atoms with E-state index >= 15 is 0 Å². The fourth-order valence-electron chi connectivity index (χ4n) is 3.01. The zero-order valence-corrected chi connectivity index (χ0v) is 16.1. The van der Waals surface area contributed by atoms with Crippen molar-refractivity contribution in [3.8, 4) is 0 Å². The number of likely N-dealkylation sites (N-methyl/N-ethyl adjacent to an activating group) is 1. The van der Waals surface area contributed by atoms with Crippen molar-refractivity contribution in [2.45, 2.75) is 35.8 Å². The summed E-state index contributed by atoms with van der Waals surface area (Å²) in [5.74, 6) is -0.516. The fourth-order valence-corrected chi connectivity index (χ4v) is 3.61. The van der Waals surface area contributed by atoms with Crippen molar-refractivity contribution in [2.24, 2.45) is 0 Å². The standard InChI is InChI=1S/C17H23F3N4O2S/c1-23(2)16(26)13-7-4-10-24(13)11-5-9-21-14(25)12-6-3-8-22-15(12)27-17(18,19)20/h3,6,8,13H,4-5,7,9-11H2,1-2H3,(H,21,25). The lowest BCUT2D eigenvalue weighted by Crippen LogP contribution is -2.43. The Bertz CT molecular complexity index is 670. The van der Waals surface area contributed by atoms with Crippen molar-refractivity contribution in [3.05, 3.63) is 23.9 Å². The van der Waals surface area contributed by atoms with Crippen LogP contribution in [0.5, 0.6) is 0 Å². The van der Waals surface area contributed by atoms with Gasteiger partial charge in [0, 0.05) is 45.1 Å². The van der Waals surface area contributed by atoms with E-state index in [-0.39, 0.29) is 22.5 Å². The molecule has 0 radical (unpaired) electrons. The largest absolute Gasteiger partial charge is 0.447 e. The monoisotopic (exact) mass is 404 g/mol. The number of pyridine rings is 1. The third-order valence-corrected chi connectivity index (χ3v) is 4.98. The van der Waals surface area contributed by atoms with Crippen LogP contribution in [0.3, 0.4) is 0 Å². The van der Waals surface area contributed by atoms with Gasteiger partial charge in [-0.3, -0.25) is 14.5 Å². The highest BCUT2D eigenvalue weighted by molar-refractivity contribution is 8.00. The molecule has 1 aromatic rings. The van der Waals surface area contributed by atoms with Crippen molar-refractivity contribution >= 4 is 23.6 Å². The minimum absolute atomic E-state index is 0.0701. The number of halogens is 3. The quantitative estimate of drug-likeness (QED) is 0.558. The average molecular weight is 404 g/mol. The number of carbonyl (C=O) groups excluding carboxylic acids is 2. The fraction of sp³-hybridized carbons (Fsp3) is 0.588. The Hall–Kier alpha value is -1.81. The second-order valence-electron chi connectivity index (χ2n) is 6.44. The molecule has 1 atom stereocenters. The summed E-state index contributed by atoms with van der Waals surface area (Å²) in [6, 6.07) is 2.61. The maximum Gasteiger partial charge on any atom is 0.447 e. The third kappa shape index (κ3) is 6.39. The van der Waals surface area contributed by atoms with E-state index in [2.05, 4.69) is 15.2 Å². The number of nitrogens with one attached hydrogen (secondary N) is 1. The highest BCUT2D eigenvalue weighted by Crippen LogP contribution is 2.37. The van der Waals surface area contributed by atoms with Gasteiger partial charge in [-0.15, -0.1) is 0 Å². The van der Waals surface area contributed by atoms with Crippen LogP contribution in [0.15, 0.2) is 23.4 Å². The van der Waals surface area contributed by atoms with E-state index in [4.69, 9.17) is 0 Å². The van der Waals surface area contributed by atoms with Gasteiger partial charge in [0.2, 0.25) is 5.91 Å². The molecule has 1 aromatic heterocycles. The smallest absolute Gasteiger partial charge is 0.352 e. The first-order valence-corrected chi connectivity index (χ1v) is 9.45. The van der Waals surface area contributed by atoms with E-state index in [1.165, 1.54) is 18.3 Å². The summed E-state index contributed by atoms with van der Waals surface area (Å²) >= 11 is -0.401. The summed E-state index contributed by atoms with van der Waals surface area (Å²) in [6.45, 7) is 1.78. The van der Waals surface area contributed by atoms with Gasteiger partial charge in [-0.25, -0.2) is 4.98 Å². The number of alkyl halides is 3. The van der Waals surface area contributed by atoms with Crippen LogP contribution in [0.2, 0.25) is 0 Å². The van der Waals surface area contributed by atoms with E-state index in [0.717, 1.165) is 19.4 Å². The topological polar surface area (TPSA) is 65.5 Å². The van der Waals surface area contributed by atoms with Gasteiger partial charge >= 0.3 is 5.51 Å². The van der Waals surface area contributed by atoms with E-state index < -0.39 is 23.2 Å². The zero-order valence-electron chi connectivity index (χ0n) is 15.3. The van der Waals surface area contributed by atoms with Crippen LogP contribution in [-0.4, -0.2) is 71.9 Å². The van der Waals surface area contributed by atoms with Crippen LogP contribution in [0, 0.1) is 0 Å². The summed E-state index contributed by atoms with van der Waals surface area (Å²) < 4.78 is 37.7. The molecule has 1 aliphatic heterocycles. The average Bonchev–Trinajstić information content (AvgIpc) is 3.05. The summed E-state index contributed by atoms with van der Waals surface area (Å²) in [6.07, 6.45) is 3.59. The van der Waals surface area contributed by atoms with Crippen LogP contribution in [-0.2, 0) is 4.79 Å². The van der Waals surface area contributed by atoms with E-state index in [9.17, 15) is 22.8 Å². The number of rotatable bonds is 7. The highest BCUT2D eigenvalue weighted by Gasteiger charge is 2.33. The van der Waals surface area contributed by atoms with Gasteiger partial charge in [0.15, 0.2) is 0 Å². The van der Waals surface area contributed by atoms with Crippen LogP contribution in [0.25, 0.3) is 0 Å². The first-order valence-electron chi connectivity index (χ1n) is 8.63. The van der Waals surface area contributed by atoms with E-state index in [1.807, 2.05) is 0 Å². The molecule has 1 N–H and O–H groups in total. The number of nitrogens with zero attached hydrogens (tertiary/aromatic N) is 3. The summed E-state index contributed by atoms with van der Waals surface area (Å²) in [5, 5.41) is 2.27. The molecule has 2 rings (SSSR count). The second-order valence-corrected chi connectivity index (χ2v) is 7.49. The van der Waals surface area contributed by atoms with Gasteiger partial charge in [-0.2, -0.15) is 13.2 Å². The lowest BCUT2D eigenvalue weighted by Gasteiger charge is -2.26. The molecule has 1 unspecified atom stereocenters. The van der Waals surface area contributed by atoms with Crippen LogP contribution >= 0.6 is 11.8 Å². The van der Waals surface area contributed by atoms with Crippen molar-refractivity contribution in [2.75, 3.05) is 33.7 Å². The van der Waals surface area contributed by atoms with Crippen molar-refractivity contribution in [1.82, 2.24) is 20.1 Å². The first-order chi connectivity index (χ1) is 12.7.